The molecular weight excluding hydrogens is 340 g/mol. The lowest BCUT2D eigenvalue weighted by atomic mass is 9.96. The molecule has 0 saturated carbocycles. The van der Waals surface area contributed by atoms with Gasteiger partial charge in [0.05, 0.1) is 5.56 Å². The van der Waals surface area contributed by atoms with E-state index in [4.69, 9.17) is 0 Å². The van der Waals surface area contributed by atoms with E-state index >= 15 is 0 Å². The summed E-state index contributed by atoms with van der Waals surface area (Å²) in [5.41, 5.74) is 2.18. The molecule has 6 heteroatoms. The summed E-state index contributed by atoms with van der Waals surface area (Å²) in [5.74, 6) is 0.408. The molecule has 0 bridgehead atoms. The summed E-state index contributed by atoms with van der Waals surface area (Å²) < 4.78 is 1.84. The Morgan fingerprint density at radius 1 is 1.04 bits per heavy atom. The van der Waals surface area contributed by atoms with Crippen LogP contribution in [-0.4, -0.2) is 45.7 Å². The molecule has 0 atom stereocenters. The fraction of sp³-hybridized carbons (Fsp3) is 0.286. The van der Waals surface area contributed by atoms with Crippen LogP contribution in [0, 0.1) is 5.92 Å². The average Bonchev–Trinajstić information content (AvgIpc) is 3.20. The van der Waals surface area contributed by atoms with Gasteiger partial charge in [-0.3, -0.25) is 9.59 Å². The van der Waals surface area contributed by atoms with E-state index in [1.165, 1.54) is 0 Å². The number of nitrogens with one attached hydrogen (secondary N) is 1. The lowest BCUT2D eigenvalue weighted by Crippen LogP contribution is -2.41. The van der Waals surface area contributed by atoms with E-state index in [0.29, 0.717) is 18.0 Å². The number of likely N-dealkylation sites (tertiary alicyclic amines) is 1. The number of aromatic nitrogens is 2. The van der Waals surface area contributed by atoms with Crippen molar-refractivity contribution in [3.63, 3.8) is 0 Å². The molecule has 2 aromatic heterocycles. The number of rotatable bonds is 4. The topological polar surface area (TPSA) is 66.7 Å². The lowest BCUT2D eigenvalue weighted by molar-refractivity contribution is 0.0684. The van der Waals surface area contributed by atoms with E-state index in [9.17, 15) is 9.59 Å². The van der Waals surface area contributed by atoms with Crippen LogP contribution >= 0.6 is 0 Å². The number of benzene rings is 1. The molecule has 27 heavy (non-hydrogen) atoms. The van der Waals surface area contributed by atoms with E-state index in [1.54, 1.807) is 18.5 Å². The Kier molecular flexibility index (Phi) is 4.87. The van der Waals surface area contributed by atoms with E-state index in [1.807, 2.05) is 51.9 Å². The molecule has 0 radical (unpaired) electrons. The second-order valence-electron chi connectivity index (χ2n) is 6.92. The minimum Gasteiger partial charge on any atom is -0.352 e. The number of hydrogen-bond acceptors (Lipinski definition) is 3. The summed E-state index contributed by atoms with van der Waals surface area (Å²) in [5, 5.41) is 3.03. The number of imidazole rings is 1. The zero-order valence-electron chi connectivity index (χ0n) is 15.0. The third kappa shape index (κ3) is 3.84. The number of carbonyl (C=O) groups excluding carboxylic acids is 2. The molecule has 1 aliphatic rings. The quantitative estimate of drug-likeness (QED) is 0.776. The average molecular weight is 362 g/mol. The van der Waals surface area contributed by atoms with Crippen LogP contribution in [0.15, 0.2) is 61.1 Å². The molecule has 1 fully saturated rings. The smallest absolute Gasteiger partial charge is 0.253 e. The summed E-state index contributed by atoms with van der Waals surface area (Å²) in [7, 11) is 0. The molecule has 138 valence electrons. The van der Waals surface area contributed by atoms with Gasteiger partial charge in [0.2, 0.25) is 0 Å². The van der Waals surface area contributed by atoms with Crippen molar-refractivity contribution in [2.45, 2.75) is 12.8 Å². The monoisotopic (exact) mass is 362 g/mol. The van der Waals surface area contributed by atoms with Gasteiger partial charge < -0.3 is 14.6 Å². The molecule has 3 heterocycles. The Bertz CT molecular complexity index is 943. The van der Waals surface area contributed by atoms with Gasteiger partial charge in [0.15, 0.2) is 0 Å². The molecule has 1 aromatic carbocycles. The van der Waals surface area contributed by atoms with Gasteiger partial charge in [-0.25, -0.2) is 4.98 Å². The van der Waals surface area contributed by atoms with Crippen LogP contribution in [0.2, 0.25) is 0 Å². The van der Waals surface area contributed by atoms with Gasteiger partial charge in [-0.05, 0) is 43.0 Å². The van der Waals surface area contributed by atoms with Crippen molar-refractivity contribution < 1.29 is 9.59 Å². The van der Waals surface area contributed by atoms with Crippen molar-refractivity contribution in [2.24, 2.45) is 5.92 Å². The van der Waals surface area contributed by atoms with Crippen LogP contribution in [0.1, 0.15) is 33.6 Å². The van der Waals surface area contributed by atoms with E-state index in [0.717, 1.165) is 37.1 Å². The van der Waals surface area contributed by atoms with Crippen LogP contribution < -0.4 is 5.32 Å². The number of hydrogen-bond donors (Lipinski definition) is 1. The lowest BCUT2D eigenvalue weighted by Gasteiger charge is -2.32. The van der Waals surface area contributed by atoms with Gasteiger partial charge in [-0.1, -0.05) is 18.2 Å². The largest absolute Gasteiger partial charge is 0.352 e. The van der Waals surface area contributed by atoms with Crippen molar-refractivity contribution in [3.05, 3.63) is 72.2 Å². The first kappa shape index (κ1) is 17.3. The molecule has 4 rings (SSSR count). The Hall–Kier alpha value is -3.15. The normalized spacial score (nSPS) is 15.0. The van der Waals surface area contributed by atoms with E-state index in [2.05, 4.69) is 10.3 Å². The summed E-state index contributed by atoms with van der Waals surface area (Å²) in [6, 6.07) is 13.0. The third-order valence-electron chi connectivity index (χ3n) is 5.12. The van der Waals surface area contributed by atoms with Crippen molar-refractivity contribution in [3.8, 4) is 0 Å². The fourth-order valence-corrected chi connectivity index (χ4v) is 3.50. The first-order chi connectivity index (χ1) is 13.2. The van der Waals surface area contributed by atoms with Gasteiger partial charge >= 0.3 is 0 Å². The highest BCUT2D eigenvalue weighted by molar-refractivity contribution is 5.94. The zero-order valence-corrected chi connectivity index (χ0v) is 15.0. The molecule has 1 N–H and O–H groups in total. The van der Waals surface area contributed by atoms with Crippen molar-refractivity contribution in [1.82, 2.24) is 19.6 Å². The molecular formula is C21H22N4O2. The summed E-state index contributed by atoms with van der Waals surface area (Å²) >= 11 is 0. The van der Waals surface area contributed by atoms with Crippen molar-refractivity contribution >= 4 is 17.5 Å². The first-order valence-electron chi connectivity index (χ1n) is 9.26. The Morgan fingerprint density at radius 3 is 2.59 bits per heavy atom. The van der Waals surface area contributed by atoms with Crippen molar-refractivity contribution in [2.75, 3.05) is 19.6 Å². The SMILES string of the molecule is O=C(NCC1CCN(C(=O)c2ccccc2)CC1)c1ccc2nccn2c1. The molecule has 3 aromatic rings. The maximum absolute atomic E-state index is 12.5. The number of carbonyl (C=O) groups is 2. The Labute approximate surface area is 157 Å². The molecule has 1 aliphatic heterocycles. The summed E-state index contributed by atoms with van der Waals surface area (Å²) in [6.07, 6.45) is 7.13. The number of amides is 2. The van der Waals surface area contributed by atoms with Gasteiger partial charge in [0.1, 0.15) is 5.65 Å². The van der Waals surface area contributed by atoms with Crippen LogP contribution in [0.5, 0.6) is 0 Å². The van der Waals surface area contributed by atoms with Crippen LogP contribution in [0.25, 0.3) is 5.65 Å². The van der Waals surface area contributed by atoms with Crippen molar-refractivity contribution in [1.29, 1.82) is 0 Å². The summed E-state index contributed by atoms with van der Waals surface area (Å²) in [4.78, 5) is 31.0. The van der Waals surface area contributed by atoms with Crippen LogP contribution in [0.3, 0.4) is 0 Å². The van der Waals surface area contributed by atoms with Crippen LogP contribution in [0.4, 0.5) is 0 Å². The molecule has 0 spiro atoms. The predicted molar refractivity (Wildman–Crippen MR) is 103 cm³/mol. The van der Waals surface area contributed by atoms with Gasteiger partial charge in [0.25, 0.3) is 11.8 Å². The zero-order chi connectivity index (χ0) is 18.6. The number of pyridine rings is 1. The van der Waals surface area contributed by atoms with E-state index < -0.39 is 0 Å². The Balaban J connectivity index is 1.28. The minimum atomic E-state index is -0.0756. The van der Waals surface area contributed by atoms with E-state index in [-0.39, 0.29) is 11.8 Å². The third-order valence-corrected chi connectivity index (χ3v) is 5.12. The number of nitrogens with zero attached hydrogens (tertiary/aromatic N) is 3. The Morgan fingerprint density at radius 2 is 1.81 bits per heavy atom. The molecule has 0 aliphatic carbocycles. The second-order valence-corrected chi connectivity index (χ2v) is 6.92. The number of piperidine rings is 1. The fourth-order valence-electron chi connectivity index (χ4n) is 3.50. The van der Waals surface area contributed by atoms with Gasteiger partial charge in [-0.2, -0.15) is 0 Å². The first-order valence-corrected chi connectivity index (χ1v) is 9.26. The molecule has 6 nitrogen and oxygen atoms in total. The predicted octanol–water partition coefficient (Wildman–Crippen LogP) is 2.62. The van der Waals surface area contributed by atoms with Gasteiger partial charge in [0, 0.05) is 43.8 Å². The minimum absolute atomic E-state index is 0.0756. The molecule has 2 amide bonds. The second kappa shape index (κ2) is 7.61. The summed E-state index contributed by atoms with van der Waals surface area (Å²) in [6.45, 7) is 2.10. The van der Waals surface area contributed by atoms with Crippen LogP contribution in [-0.2, 0) is 0 Å². The highest BCUT2D eigenvalue weighted by atomic mass is 16.2. The van der Waals surface area contributed by atoms with Gasteiger partial charge in [-0.15, -0.1) is 0 Å². The number of fused-ring (bicyclic) bond motifs is 1. The maximum atomic E-state index is 12.5. The molecule has 0 unspecified atom stereocenters. The maximum Gasteiger partial charge on any atom is 0.253 e. The standard InChI is InChI=1S/C21H22N4O2/c26-20(18-6-7-19-22-10-13-25(19)15-18)23-14-16-8-11-24(12-9-16)21(27)17-4-2-1-3-5-17/h1-7,10,13,15-16H,8-9,11-12,14H2,(H,23,26). The molecule has 1 saturated heterocycles. The highest BCUT2D eigenvalue weighted by Crippen LogP contribution is 2.18. The highest BCUT2D eigenvalue weighted by Gasteiger charge is 2.24.